The van der Waals surface area contributed by atoms with E-state index in [-0.39, 0.29) is 30.3 Å². The molecule has 10 heteroatoms. The van der Waals surface area contributed by atoms with Gasteiger partial charge in [0.2, 0.25) is 15.6 Å². The molecule has 1 aliphatic rings. The summed E-state index contributed by atoms with van der Waals surface area (Å²) in [6.07, 6.45) is 0.478. The molecule has 0 spiro atoms. The largest absolute Gasteiger partial charge is 0.385 e. The Morgan fingerprint density at radius 2 is 1.80 bits per heavy atom. The molecular formula is C30H32N4O5S. The van der Waals surface area contributed by atoms with Gasteiger partial charge in [-0.3, -0.25) is 4.79 Å². The second-order valence-corrected chi connectivity index (χ2v) is 12.3. The Kier molecular flexibility index (Phi) is 8.40. The molecule has 0 fully saturated rings. The fourth-order valence-corrected chi connectivity index (χ4v) is 6.06. The van der Waals surface area contributed by atoms with Crippen molar-refractivity contribution in [1.29, 1.82) is 5.26 Å². The standard InChI is InChI=1S/C30H32N4O5S/c1-29(2,3)34-40(36,37)27-11-6-5-10-25(27)22-12-14-24(15-13-22)32-28(35)30(16-17-38-4)19-26(33-39-30)23-9-7-8-21(18-23)20-31/h5-15,18,34H,16-17,19H2,1-4H3,(H,32,35). The highest BCUT2D eigenvalue weighted by atomic mass is 32.2. The molecule has 3 aromatic carbocycles. The fourth-order valence-electron chi connectivity index (χ4n) is 4.41. The number of rotatable bonds is 9. The molecule has 3 aromatic rings. The van der Waals surface area contributed by atoms with Gasteiger partial charge in [0.1, 0.15) is 0 Å². The zero-order chi connectivity index (χ0) is 29.0. The van der Waals surface area contributed by atoms with Gasteiger partial charge >= 0.3 is 0 Å². The smallest absolute Gasteiger partial charge is 0.271 e. The zero-order valence-corrected chi connectivity index (χ0v) is 23.7. The highest BCUT2D eigenvalue weighted by Gasteiger charge is 2.46. The summed E-state index contributed by atoms with van der Waals surface area (Å²) in [5.74, 6) is -0.384. The van der Waals surface area contributed by atoms with Crippen LogP contribution in [0.3, 0.4) is 0 Å². The molecule has 4 rings (SSSR count). The van der Waals surface area contributed by atoms with Gasteiger partial charge < -0.3 is 14.9 Å². The molecule has 1 amide bonds. The molecule has 2 N–H and O–H groups in total. The Labute approximate surface area is 234 Å². The first-order chi connectivity index (χ1) is 19.0. The molecule has 0 radical (unpaired) electrons. The number of carbonyl (C=O) groups is 1. The fraction of sp³-hybridized carbons (Fsp3) is 0.300. The number of nitrogens with one attached hydrogen (secondary N) is 2. The summed E-state index contributed by atoms with van der Waals surface area (Å²) in [5, 5.41) is 16.3. The van der Waals surface area contributed by atoms with E-state index in [2.05, 4.69) is 21.3 Å². The molecule has 0 aromatic heterocycles. The van der Waals surface area contributed by atoms with Gasteiger partial charge in [-0.2, -0.15) is 5.26 Å². The van der Waals surface area contributed by atoms with E-state index in [1.54, 1.807) is 94.6 Å². The van der Waals surface area contributed by atoms with E-state index < -0.39 is 21.2 Å². The van der Waals surface area contributed by atoms with Crippen LogP contribution in [0, 0.1) is 11.3 Å². The van der Waals surface area contributed by atoms with Crippen molar-refractivity contribution < 1.29 is 22.8 Å². The van der Waals surface area contributed by atoms with Crippen molar-refractivity contribution in [2.45, 2.75) is 49.6 Å². The van der Waals surface area contributed by atoms with Crippen LogP contribution in [-0.4, -0.2) is 44.9 Å². The third-order valence-corrected chi connectivity index (χ3v) is 8.12. The molecule has 40 heavy (non-hydrogen) atoms. The van der Waals surface area contributed by atoms with Gasteiger partial charge in [0.15, 0.2) is 0 Å². The van der Waals surface area contributed by atoms with Gasteiger partial charge in [0.25, 0.3) is 5.91 Å². The third kappa shape index (κ3) is 6.57. The maximum absolute atomic E-state index is 13.5. The van der Waals surface area contributed by atoms with Crippen LogP contribution < -0.4 is 10.0 Å². The normalized spacial score (nSPS) is 17.0. The van der Waals surface area contributed by atoms with Crippen LogP contribution in [-0.2, 0) is 24.4 Å². The molecule has 1 atom stereocenters. The number of nitrogens with zero attached hydrogens (tertiary/aromatic N) is 2. The molecule has 0 saturated heterocycles. The first kappa shape index (κ1) is 29.0. The van der Waals surface area contributed by atoms with E-state index in [1.807, 2.05) is 6.07 Å². The summed E-state index contributed by atoms with van der Waals surface area (Å²) in [7, 11) is -2.22. The Bertz CT molecular complexity index is 1570. The van der Waals surface area contributed by atoms with E-state index in [0.29, 0.717) is 33.7 Å². The average molecular weight is 561 g/mol. The van der Waals surface area contributed by atoms with Crippen molar-refractivity contribution in [3.05, 3.63) is 83.9 Å². The van der Waals surface area contributed by atoms with E-state index in [9.17, 15) is 18.5 Å². The Balaban J connectivity index is 1.55. The Hall–Kier alpha value is -4.04. The lowest BCUT2D eigenvalue weighted by molar-refractivity contribution is -0.140. The summed E-state index contributed by atoms with van der Waals surface area (Å²) in [6.45, 7) is 5.64. The number of oxime groups is 1. The van der Waals surface area contributed by atoms with E-state index in [4.69, 9.17) is 9.57 Å². The van der Waals surface area contributed by atoms with Crippen molar-refractivity contribution in [3.63, 3.8) is 0 Å². The number of hydrogen-bond acceptors (Lipinski definition) is 7. The summed E-state index contributed by atoms with van der Waals surface area (Å²) >= 11 is 0. The summed E-state index contributed by atoms with van der Waals surface area (Å²) in [4.78, 5) is 19.4. The first-order valence-corrected chi connectivity index (χ1v) is 14.2. The maximum Gasteiger partial charge on any atom is 0.271 e. The number of hydrogen-bond donors (Lipinski definition) is 2. The molecule has 0 bridgehead atoms. The zero-order valence-electron chi connectivity index (χ0n) is 22.9. The quantitative estimate of drug-likeness (QED) is 0.385. The number of carbonyl (C=O) groups excluding carboxylic acids is 1. The predicted octanol–water partition coefficient (Wildman–Crippen LogP) is 4.84. The lowest BCUT2D eigenvalue weighted by Gasteiger charge is -2.25. The molecule has 208 valence electrons. The van der Waals surface area contributed by atoms with Crippen molar-refractivity contribution in [2.75, 3.05) is 19.0 Å². The topological polar surface area (TPSA) is 130 Å². The number of methoxy groups -OCH3 is 1. The van der Waals surface area contributed by atoms with Crippen molar-refractivity contribution >= 4 is 27.3 Å². The van der Waals surface area contributed by atoms with Crippen LogP contribution in [0.2, 0.25) is 0 Å². The molecule has 1 aliphatic heterocycles. The SMILES string of the molecule is COCCC1(C(=O)Nc2ccc(-c3ccccc3S(=O)(=O)NC(C)(C)C)cc2)CC(c2cccc(C#N)c2)=NO1. The number of sulfonamides is 1. The van der Waals surface area contributed by atoms with Crippen LogP contribution >= 0.6 is 0 Å². The third-order valence-electron chi connectivity index (χ3n) is 6.30. The maximum atomic E-state index is 13.5. The predicted molar refractivity (Wildman–Crippen MR) is 153 cm³/mol. The van der Waals surface area contributed by atoms with Crippen LogP contribution in [0.4, 0.5) is 5.69 Å². The van der Waals surface area contributed by atoms with Crippen molar-refractivity contribution in [3.8, 4) is 17.2 Å². The van der Waals surface area contributed by atoms with Crippen LogP contribution in [0.25, 0.3) is 11.1 Å². The average Bonchev–Trinajstić information content (AvgIpc) is 3.37. The lowest BCUT2D eigenvalue weighted by atomic mass is 9.90. The molecule has 0 saturated carbocycles. The minimum atomic E-state index is -3.77. The van der Waals surface area contributed by atoms with Crippen molar-refractivity contribution in [1.82, 2.24) is 4.72 Å². The second kappa shape index (κ2) is 11.6. The van der Waals surface area contributed by atoms with E-state index >= 15 is 0 Å². The van der Waals surface area contributed by atoms with Gasteiger partial charge in [-0.1, -0.05) is 47.6 Å². The first-order valence-electron chi connectivity index (χ1n) is 12.8. The monoisotopic (exact) mass is 560 g/mol. The molecule has 1 heterocycles. The Morgan fingerprint density at radius 1 is 1.07 bits per heavy atom. The minimum Gasteiger partial charge on any atom is -0.385 e. The highest BCUT2D eigenvalue weighted by Crippen LogP contribution is 2.33. The molecule has 0 aliphatic carbocycles. The number of amides is 1. The molecule has 1 unspecified atom stereocenters. The van der Waals surface area contributed by atoms with Gasteiger partial charge in [-0.15, -0.1) is 0 Å². The van der Waals surface area contributed by atoms with E-state index in [0.717, 1.165) is 0 Å². The van der Waals surface area contributed by atoms with Gasteiger partial charge in [-0.05, 0) is 56.7 Å². The van der Waals surface area contributed by atoms with Crippen LogP contribution in [0.15, 0.2) is 82.8 Å². The van der Waals surface area contributed by atoms with E-state index in [1.165, 1.54) is 0 Å². The second-order valence-electron chi connectivity index (χ2n) is 10.6. The number of anilines is 1. The summed E-state index contributed by atoms with van der Waals surface area (Å²) in [6, 6.07) is 22.8. The number of nitriles is 1. The van der Waals surface area contributed by atoms with Crippen LogP contribution in [0.5, 0.6) is 0 Å². The molecular weight excluding hydrogens is 528 g/mol. The van der Waals surface area contributed by atoms with Gasteiger partial charge in [-0.25, -0.2) is 13.1 Å². The summed E-state index contributed by atoms with van der Waals surface area (Å²) in [5.41, 5.74) is 1.60. The molecule has 9 nitrogen and oxygen atoms in total. The highest BCUT2D eigenvalue weighted by molar-refractivity contribution is 7.89. The Morgan fingerprint density at radius 3 is 2.48 bits per heavy atom. The van der Waals surface area contributed by atoms with Crippen molar-refractivity contribution in [2.24, 2.45) is 5.16 Å². The summed E-state index contributed by atoms with van der Waals surface area (Å²) < 4.78 is 34.1. The number of benzene rings is 3. The van der Waals surface area contributed by atoms with Crippen LogP contribution in [0.1, 0.15) is 44.7 Å². The lowest BCUT2D eigenvalue weighted by Crippen LogP contribution is -2.44. The minimum absolute atomic E-state index is 0.171. The number of ether oxygens (including phenoxy) is 1. The van der Waals surface area contributed by atoms with Gasteiger partial charge in [0.05, 0.1) is 28.8 Å². The van der Waals surface area contributed by atoms with Gasteiger partial charge in [0, 0.05) is 42.3 Å².